The fraction of sp³-hybridized carbons (Fsp3) is 0.429. The molecule has 4 N–H and O–H groups in total. The number of amides is 4. The van der Waals surface area contributed by atoms with Crippen LogP contribution in [0.4, 0.5) is 16.3 Å². The van der Waals surface area contributed by atoms with E-state index in [9.17, 15) is 14.4 Å². The van der Waals surface area contributed by atoms with Gasteiger partial charge in [0, 0.05) is 56.6 Å². The van der Waals surface area contributed by atoms with E-state index in [1.807, 2.05) is 54.8 Å². The summed E-state index contributed by atoms with van der Waals surface area (Å²) in [6.07, 6.45) is 4.41. The lowest BCUT2D eigenvalue weighted by Gasteiger charge is -2.14. The average molecular weight is 520 g/mol. The maximum atomic E-state index is 13.1. The van der Waals surface area contributed by atoms with Gasteiger partial charge in [0.2, 0.25) is 5.91 Å². The Labute approximate surface area is 223 Å². The third kappa shape index (κ3) is 6.42. The molecule has 10 heteroatoms. The summed E-state index contributed by atoms with van der Waals surface area (Å²) in [5, 5.41) is 12.1. The number of benzene rings is 1. The Morgan fingerprint density at radius 3 is 2.61 bits per heavy atom. The third-order valence-electron chi connectivity index (χ3n) is 6.37. The van der Waals surface area contributed by atoms with E-state index in [0.717, 1.165) is 42.1 Å². The third-order valence-corrected chi connectivity index (χ3v) is 6.37. The fourth-order valence-corrected chi connectivity index (χ4v) is 4.42. The first-order valence-corrected chi connectivity index (χ1v) is 13.3. The van der Waals surface area contributed by atoms with Crippen LogP contribution in [0.25, 0.3) is 16.9 Å². The van der Waals surface area contributed by atoms with Crippen LogP contribution >= 0.6 is 0 Å². The van der Waals surface area contributed by atoms with Gasteiger partial charge in [-0.15, -0.1) is 0 Å². The quantitative estimate of drug-likeness (QED) is 0.270. The molecule has 0 radical (unpaired) electrons. The molecule has 3 aromatic rings. The van der Waals surface area contributed by atoms with Crippen molar-refractivity contribution in [2.24, 2.45) is 5.92 Å². The van der Waals surface area contributed by atoms with E-state index in [2.05, 4.69) is 28.2 Å². The van der Waals surface area contributed by atoms with E-state index in [0.29, 0.717) is 43.8 Å². The first-order valence-electron chi connectivity index (χ1n) is 13.3. The van der Waals surface area contributed by atoms with Crippen molar-refractivity contribution in [1.29, 1.82) is 0 Å². The largest absolute Gasteiger partial charge is 0.369 e. The lowest BCUT2D eigenvalue weighted by molar-refractivity contribution is -0.116. The van der Waals surface area contributed by atoms with Gasteiger partial charge < -0.3 is 26.2 Å². The number of nitrogens with one attached hydrogen (secondary N) is 4. The van der Waals surface area contributed by atoms with Crippen LogP contribution in [0.2, 0.25) is 0 Å². The number of unbranched alkanes of at least 4 members (excludes halogenated alkanes) is 1. The number of carbonyl (C=O) groups is 3. The van der Waals surface area contributed by atoms with Gasteiger partial charge in [0.05, 0.1) is 5.56 Å². The number of hydrogen-bond donors (Lipinski definition) is 4. The molecule has 1 saturated heterocycles. The molecule has 3 heterocycles. The molecule has 0 spiro atoms. The van der Waals surface area contributed by atoms with Gasteiger partial charge in [0.1, 0.15) is 11.5 Å². The predicted octanol–water partition coefficient (Wildman–Crippen LogP) is 3.95. The highest BCUT2D eigenvalue weighted by Gasteiger charge is 2.21. The average Bonchev–Trinajstić information content (AvgIpc) is 3.47. The van der Waals surface area contributed by atoms with Crippen LogP contribution in [0.1, 0.15) is 50.4 Å². The van der Waals surface area contributed by atoms with E-state index < -0.39 is 0 Å². The van der Waals surface area contributed by atoms with Gasteiger partial charge in [-0.1, -0.05) is 39.3 Å². The molecule has 2 aromatic heterocycles. The van der Waals surface area contributed by atoms with Crippen molar-refractivity contribution in [3.63, 3.8) is 0 Å². The van der Waals surface area contributed by atoms with E-state index >= 15 is 0 Å². The number of imidazole rings is 1. The summed E-state index contributed by atoms with van der Waals surface area (Å²) in [6, 6.07) is 11.1. The van der Waals surface area contributed by atoms with Crippen molar-refractivity contribution in [1.82, 2.24) is 24.9 Å². The summed E-state index contributed by atoms with van der Waals surface area (Å²) >= 11 is 0. The molecule has 1 aliphatic rings. The second-order valence-corrected chi connectivity index (χ2v) is 9.90. The molecule has 1 aromatic carbocycles. The number of carbonyl (C=O) groups excluding carboxylic acids is 3. The second-order valence-electron chi connectivity index (χ2n) is 9.90. The van der Waals surface area contributed by atoms with Crippen molar-refractivity contribution in [3.8, 4) is 11.3 Å². The molecule has 38 heavy (non-hydrogen) atoms. The van der Waals surface area contributed by atoms with Crippen LogP contribution in [0.3, 0.4) is 0 Å². The predicted molar refractivity (Wildman–Crippen MR) is 149 cm³/mol. The number of nitrogens with zero attached hydrogens (tertiary/aromatic N) is 3. The Morgan fingerprint density at radius 2 is 1.92 bits per heavy atom. The Balaban J connectivity index is 1.58. The molecule has 0 unspecified atom stereocenters. The molecule has 0 atom stereocenters. The van der Waals surface area contributed by atoms with Gasteiger partial charge in [-0.2, -0.15) is 0 Å². The number of rotatable bonds is 12. The number of pyridine rings is 1. The number of anilines is 2. The fourth-order valence-electron chi connectivity index (χ4n) is 4.42. The first kappa shape index (κ1) is 27.0. The lowest BCUT2D eigenvalue weighted by Crippen LogP contribution is -2.36. The van der Waals surface area contributed by atoms with Gasteiger partial charge in [-0.3, -0.25) is 14.0 Å². The SMILES string of the molecule is CCCCNc1c(-c2ccc(NC(=O)CC(C)C)cc2)nc2c(C(=O)NCCN3CCNC3=O)cccn12. The van der Waals surface area contributed by atoms with Gasteiger partial charge in [0.25, 0.3) is 5.91 Å². The standard InChI is InChI=1S/C28H37N7O3/c1-4-5-12-29-26-24(20-8-10-21(11-9-20)32-23(36)18-19(2)3)33-25-22(7-6-15-35(25)26)27(37)30-13-16-34-17-14-31-28(34)38/h6-11,15,19,29H,4-5,12-14,16-18H2,1-3H3,(H,30,37)(H,31,38)(H,32,36). The van der Waals surface area contributed by atoms with Gasteiger partial charge in [-0.05, 0) is 36.6 Å². The minimum atomic E-state index is -0.241. The number of hydrogen-bond acceptors (Lipinski definition) is 5. The summed E-state index contributed by atoms with van der Waals surface area (Å²) in [7, 11) is 0. The van der Waals surface area contributed by atoms with E-state index in [1.165, 1.54) is 0 Å². The number of fused-ring (bicyclic) bond motifs is 1. The molecule has 1 fully saturated rings. The van der Waals surface area contributed by atoms with Crippen molar-refractivity contribution < 1.29 is 14.4 Å². The maximum absolute atomic E-state index is 13.1. The number of urea groups is 1. The van der Waals surface area contributed by atoms with Crippen molar-refractivity contribution in [3.05, 3.63) is 48.2 Å². The van der Waals surface area contributed by atoms with E-state index in [-0.39, 0.29) is 23.8 Å². The molecule has 1 aliphatic heterocycles. The monoisotopic (exact) mass is 519 g/mol. The molecule has 0 bridgehead atoms. The smallest absolute Gasteiger partial charge is 0.317 e. The Kier molecular flexibility index (Phi) is 8.83. The topological polar surface area (TPSA) is 120 Å². The molecule has 4 rings (SSSR count). The van der Waals surface area contributed by atoms with Crippen LogP contribution in [0, 0.1) is 5.92 Å². The van der Waals surface area contributed by atoms with Crippen molar-refractivity contribution in [2.75, 3.05) is 43.4 Å². The van der Waals surface area contributed by atoms with Crippen molar-refractivity contribution >= 4 is 35.0 Å². The van der Waals surface area contributed by atoms with Crippen LogP contribution in [0.15, 0.2) is 42.6 Å². The summed E-state index contributed by atoms with van der Waals surface area (Å²) in [5.41, 5.74) is 3.35. The van der Waals surface area contributed by atoms with Gasteiger partial charge >= 0.3 is 6.03 Å². The van der Waals surface area contributed by atoms with Crippen LogP contribution in [-0.2, 0) is 4.79 Å². The molecular formula is C28H37N7O3. The van der Waals surface area contributed by atoms with E-state index in [4.69, 9.17) is 4.98 Å². The van der Waals surface area contributed by atoms with Gasteiger partial charge in [0.15, 0.2) is 5.65 Å². The number of aromatic nitrogens is 2. The van der Waals surface area contributed by atoms with Crippen LogP contribution in [0.5, 0.6) is 0 Å². The molecule has 4 amide bonds. The molecule has 0 saturated carbocycles. The summed E-state index contributed by atoms with van der Waals surface area (Å²) in [4.78, 5) is 43.6. The Hall–Kier alpha value is -4.08. The minimum Gasteiger partial charge on any atom is -0.369 e. The van der Waals surface area contributed by atoms with E-state index in [1.54, 1.807) is 11.0 Å². The molecule has 0 aliphatic carbocycles. The molecule has 10 nitrogen and oxygen atoms in total. The Bertz CT molecular complexity index is 1280. The zero-order valence-corrected chi connectivity index (χ0v) is 22.3. The summed E-state index contributed by atoms with van der Waals surface area (Å²) < 4.78 is 1.91. The molecule has 202 valence electrons. The highest BCUT2D eigenvalue weighted by atomic mass is 16.2. The minimum absolute atomic E-state index is 0.0107. The summed E-state index contributed by atoms with van der Waals surface area (Å²) in [5.74, 6) is 0.849. The zero-order chi connectivity index (χ0) is 27.1. The van der Waals surface area contributed by atoms with Gasteiger partial charge in [-0.25, -0.2) is 9.78 Å². The lowest BCUT2D eigenvalue weighted by atomic mass is 10.1. The summed E-state index contributed by atoms with van der Waals surface area (Å²) in [6.45, 7) is 9.01. The Morgan fingerprint density at radius 1 is 1.13 bits per heavy atom. The zero-order valence-electron chi connectivity index (χ0n) is 22.3. The van der Waals surface area contributed by atoms with Crippen LogP contribution in [-0.4, -0.2) is 64.9 Å². The van der Waals surface area contributed by atoms with Crippen LogP contribution < -0.4 is 21.3 Å². The second kappa shape index (κ2) is 12.4. The normalized spacial score (nSPS) is 13.2. The highest BCUT2D eigenvalue weighted by molar-refractivity contribution is 6.01. The molecular weight excluding hydrogens is 482 g/mol. The maximum Gasteiger partial charge on any atom is 0.317 e. The highest BCUT2D eigenvalue weighted by Crippen LogP contribution is 2.31. The first-order chi connectivity index (χ1) is 18.4. The van der Waals surface area contributed by atoms with Crippen molar-refractivity contribution in [2.45, 2.75) is 40.0 Å².